The molecule has 0 saturated heterocycles. The number of fused-ring (bicyclic) bond motifs is 1. The van der Waals surface area contributed by atoms with Gasteiger partial charge in [-0.1, -0.05) is 54.1 Å². The van der Waals surface area contributed by atoms with Crippen LogP contribution in [-0.4, -0.2) is 4.98 Å². The highest BCUT2D eigenvalue weighted by Crippen LogP contribution is 2.51. The minimum absolute atomic E-state index is 0.256. The third-order valence-corrected chi connectivity index (χ3v) is 4.74. The molecule has 4 heteroatoms. The minimum Gasteiger partial charge on any atom is -0.374 e. The highest BCUT2D eigenvalue weighted by molar-refractivity contribution is 6.30. The highest BCUT2D eigenvalue weighted by Gasteiger charge is 2.51. The number of rotatable bonds is 2. The van der Waals surface area contributed by atoms with Gasteiger partial charge in [0.2, 0.25) is 0 Å². The maximum atomic E-state index is 10.3. The first kappa shape index (κ1) is 14.7. The zero-order valence-corrected chi connectivity index (χ0v) is 13.5. The van der Waals surface area contributed by atoms with Crippen molar-refractivity contribution >= 4 is 17.3 Å². The zero-order valence-electron chi connectivity index (χ0n) is 12.8. The van der Waals surface area contributed by atoms with Crippen molar-refractivity contribution in [3.05, 3.63) is 94.8 Å². The summed E-state index contributed by atoms with van der Waals surface area (Å²) < 4.78 is 0. The van der Waals surface area contributed by atoms with Gasteiger partial charge in [-0.2, -0.15) is 5.26 Å². The van der Waals surface area contributed by atoms with Gasteiger partial charge in [-0.25, -0.2) is 0 Å². The number of aromatic nitrogens is 1. The fourth-order valence-corrected chi connectivity index (χ4v) is 3.64. The summed E-state index contributed by atoms with van der Waals surface area (Å²) in [5.74, 6) is 0. The molecule has 0 radical (unpaired) electrons. The fourth-order valence-electron chi connectivity index (χ4n) is 3.44. The number of hydrogen-bond donors (Lipinski definition) is 1. The lowest BCUT2D eigenvalue weighted by Crippen LogP contribution is -2.32. The van der Waals surface area contributed by atoms with E-state index in [0.717, 1.165) is 22.5 Å². The molecule has 24 heavy (non-hydrogen) atoms. The van der Waals surface area contributed by atoms with Crippen LogP contribution in [-0.2, 0) is 5.41 Å². The second kappa shape index (κ2) is 5.67. The van der Waals surface area contributed by atoms with Crippen LogP contribution in [0.25, 0.3) is 0 Å². The van der Waals surface area contributed by atoms with Crippen molar-refractivity contribution in [1.82, 2.24) is 4.98 Å². The van der Waals surface area contributed by atoms with Crippen molar-refractivity contribution in [2.24, 2.45) is 0 Å². The Morgan fingerprint density at radius 3 is 2.62 bits per heavy atom. The third-order valence-electron chi connectivity index (χ3n) is 4.50. The molecule has 1 aliphatic heterocycles. The number of nitrogens with one attached hydrogen (secondary N) is 1. The Morgan fingerprint density at radius 2 is 1.88 bits per heavy atom. The Bertz CT molecular complexity index is 933. The first-order valence-corrected chi connectivity index (χ1v) is 8.08. The lowest BCUT2D eigenvalue weighted by atomic mass is 9.72. The van der Waals surface area contributed by atoms with Crippen LogP contribution in [0.2, 0.25) is 5.02 Å². The van der Waals surface area contributed by atoms with E-state index in [4.69, 9.17) is 11.6 Å². The summed E-state index contributed by atoms with van der Waals surface area (Å²) in [6.45, 7) is 0. The van der Waals surface area contributed by atoms with Gasteiger partial charge < -0.3 is 5.32 Å². The first-order chi connectivity index (χ1) is 11.8. The lowest BCUT2D eigenvalue weighted by molar-refractivity contribution is 0.574. The van der Waals surface area contributed by atoms with Crippen LogP contribution >= 0.6 is 11.6 Å². The summed E-state index contributed by atoms with van der Waals surface area (Å²) in [4.78, 5) is 4.54. The minimum atomic E-state index is -0.900. The molecule has 0 aliphatic carbocycles. The standard InChI is InChI=1S/C20H14ClN3/c21-16-9-4-6-14(12-16)18-20(13-22,15-7-2-1-3-8-15)19-17(24-18)10-5-11-23-19/h1-12,18,24H/t18-,20-/m1/s1. The Balaban J connectivity index is 1.99. The molecule has 0 bridgehead atoms. The molecule has 2 heterocycles. The molecule has 0 unspecified atom stereocenters. The maximum absolute atomic E-state index is 10.3. The lowest BCUT2D eigenvalue weighted by Gasteiger charge is -2.29. The van der Waals surface area contributed by atoms with Crippen LogP contribution in [0, 0.1) is 11.3 Å². The van der Waals surface area contributed by atoms with E-state index in [1.165, 1.54) is 0 Å². The van der Waals surface area contributed by atoms with Crippen LogP contribution in [0.5, 0.6) is 0 Å². The van der Waals surface area contributed by atoms with E-state index in [2.05, 4.69) is 16.4 Å². The molecular formula is C20H14ClN3. The van der Waals surface area contributed by atoms with Gasteiger partial charge in [-0.3, -0.25) is 4.98 Å². The molecule has 116 valence electrons. The van der Waals surface area contributed by atoms with Gasteiger partial charge in [0, 0.05) is 11.2 Å². The fraction of sp³-hybridized carbons (Fsp3) is 0.100. The summed E-state index contributed by atoms with van der Waals surface area (Å²) in [5.41, 5.74) is 2.62. The second-order valence-electron chi connectivity index (χ2n) is 5.82. The number of pyridine rings is 1. The molecule has 2 atom stereocenters. The molecule has 2 aromatic carbocycles. The summed E-state index contributed by atoms with van der Waals surface area (Å²) in [7, 11) is 0. The van der Waals surface area contributed by atoms with Crippen LogP contribution in [0.4, 0.5) is 5.69 Å². The van der Waals surface area contributed by atoms with Crippen molar-refractivity contribution in [2.75, 3.05) is 5.32 Å². The molecular weight excluding hydrogens is 318 g/mol. The van der Waals surface area contributed by atoms with Gasteiger partial charge in [-0.05, 0) is 35.4 Å². The average Bonchev–Trinajstić information content (AvgIpc) is 2.98. The monoisotopic (exact) mass is 331 g/mol. The Hall–Kier alpha value is -2.83. The van der Waals surface area contributed by atoms with E-state index in [1.807, 2.05) is 66.7 Å². The van der Waals surface area contributed by atoms with E-state index < -0.39 is 5.41 Å². The summed E-state index contributed by atoms with van der Waals surface area (Å²) >= 11 is 6.19. The molecule has 0 spiro atoms. The molecule has 0 saturated carbocycles. The van der Waals surface area contributed by atoms with Gasteiger partial charge in [-0.15, -0.1) is 0 Å². The molecule has 1 N–H and O–H groups in total. The van der Waals surface area contributed by atoms with Crippen molar-refractivity contribution in [2.45, 2.75) is 11.5 Å². The Kier molecular flexibility index (Phi) is 3.48. The summed E-state index contributed by atoms with van der Waals surface area (Å²) in [6.07, 6.45) is 1.73. The van der Waals surface area contributed by atoms with Crippen molar-refractivity contribution in [3.8, 4) is 6.07 Å². The summed E-state index contributed by atoms with van der Waals surface area (Å²) in [5, 5.41) is 14.4. The zero-order chi connectivity index (χ0) is 16.6. The SMILES string of the molecule is N#C[C@]1(c2ccccc2)c2ncccc2N[C@@H]1c1cccc(Cl)c1. The van der Waals surface area contributed by atoms with Gasteiger partial charge in [0.15, 0.2) is 5.41 Å². The van der Waals surface area contributed by atoms with Crippen LogP contribution in [0.3, 0.4) is 0 Å². The number of nitriles is 1. The van der Waals surface area contributed by atoms with Crippen molar-refractivity contribution in [3.63, 3.8) is 0 Å². The maximum Gasteiger partial charge on any atom is 0.150 e. The molecule has 1 aromatic heterocycles. The molecule has 3 nitrogen and oxygen atoms in total. The molecule has 1 aliphatic rings. The molecule has 3 aromatic rings. The smallest absolute Gasteiger partial charge is 0.150 e. The average molecular weight is 332 g/mol. The predicted molar refractivity (Wildman–Crippen MR) is 94.9 cm³/mol. The number of nitrogens with zero attached hydrogens (tertiary/aromatic N) is 2. The van der Waals surface area contributed by atoms with Gasteiger partial charge in [0.1, 0.15) is 0 Å². The largest absolute Gasteiger partial charge is 0.374 e. The predicted octanol–water partition coefficient (Wildman–Crippen LogP) is 4.71. The van der Waals surface area contributed by atoms with Gasteiger partial charge >= 0.3 is 0 Å². The first-order valence-electron chi connectivity index (χ1n) is 7.70. The highest BCUT2D eigenvalue weighted by atomic mass is 35.5. The van der Waals surface area contributed by atoms with E-state index in [9.17, 15) is 5.26 Å². The summed E-state index contributed by atoms with van der Waals surface area (Å²) in [6, 6.07) is 23.6. The van der Waals surface area contributed by atoms with E-state index in [1.54, 1.807) is 6.20 Å². The van der Waals surface area contributed by atoms with E-state index in [-0.39, 0.29) is 6.04 Å². The van der Waals surface area contributed by atoms with Crippen LogP contribution < -0.4 is 5.32 Å². The number of benzene rings is 2. The van der Waals surface area contributed by atoms with Crippen LogP contribution in [0.15, 0.2) is 72.9 Å². The Morgan fingerprint density at radius 1 is 1.04 bits per heavy atom. The van der Waals surface area contributed by atoms with Gasteiger partial charge in [0.05, 0.1) is 23.5 Å². The Labute approximate surface area is 145 Å². The molecule has 4 rings (SSSR count). The second-order valence-corrected chi connectivity index (χ2v) is 6.25. The molecule has 0 fully saturated rings. The number of hydrogen-bond acceptors (Lipinski definition) is 3. The topological polar surface area (TPSA) is 48.7 Å². The van der Waals surface area contributed by atoms with Gasteiger partial charge in [0.25, 0.3) is 0 Å². The normalized spacial score (nSPS) is 21.6. The quantitative estimate of drug-likeness (QED) is 0.739. The van der Waals surface area contributed by atoms with E-state index in [0.29, 0.717) is 5.02 Å². The van der Waals surface area contributed by atoms with Crippen LogP contribution in [0.1, 0.15) is 22.9 Å². The molecule has 0 amide bonds. The van der Waals surface area contributed by atoms with E-state index >= 15 is 0 Å². The van der Waals surface area contributed by atoms with Crippen molar-refractivity contribution < 1.29 is 0 Å². The number of anilines is 1. The number of halogens is 1. The third kappa shape index (κ3) is 2.08. The van der Waals surface area contributed by atoms with Crippen molar-refractivity contribution in [1.29, 1.82) is 5.26 Å².